The second kappa shape index (κ2) is 6.64. The summed E-state index contributed by atoms with van der Waals surface area (Å²) < 4.78 is 5.14. The standard InChI is InChI=1S/C10H10ClN3O2/c11-10-8(3-1-5-14-10)16-7-9(15)13-6-2-4-12/h1,3,5H,2,6-7H2,(H,13,15). The molecule has 1 rings (SSSR count). The van der Waals surface area contributed by atoms with Crippen LogP contribution >= 0.6 is 11.6 Å². The van der Waals surface area contributed by atoms with Crippen molar-refractivity contribution in [2.75, 3.05) is 13.2 Å². The summed E-state index contributed by atoms with van der Waals surface area (Å²) in [5, 5.41) is 11.0. The van der Waals surface area contributed by atoms with Crippen molar-refractivity contribution >= 4 is 17.5 Å². The van der Waals surface area contributed by atoms with Gasteiger partial charge < -0.3 is 10.1 Å². The molecular weight excluding hydrogens is 230 g/mol. The third kappa shape index (κ3) is 4.15. The zero-order valence-corrected chi connectivity index (χ0v) is 9.20. The van der Waals surface area contributed by atoms with Gasteiger partial charge in [-0.15, -0.1) is 0 Å². The molecule has 1 amide bonds. The van der Waals surface area contributed by atoms with Crippen LogP contribution in [0.25, 0.3) is 0 Å². The number of halogens is 1. The minimum atomic E-state index is -0.296. The molecule has 84 valence electrons. The van der Waals surface area contributed by atoms with E-state index >= 15 is 0 Å². The van der Waals surface area contributed by atoms with Crippen molar-refractivity contribution in [2.45, 2.75) is 6.42 Å². The molecule has 0 unspecified atom stereocenters. The molecule has 0 aliphatic heterocycles. The Morgan fingerprint density at radius 3 is 3.19 bits per heavy atom. The Morgan fingerprint density at radius 2 is 2.50 bits per heavy atom. The molecule has 0 aromatic carbocycles. The summed E-state index contributed by atoms with van der Waals surface area (Å²) in [6.45, 7) is 0.177. The van der Waals surface area contributed by atoms with Gasteiger partial charge in [-0.2, -0.15) is 5.26 Å². The van der Waals surface area contributed by atoms with E-state index in [9.17, 15) is 4.79 Å². The molecule has 1 heterocycles. The van der Waals surface area contributed by atoms with E-state index in [-0.39, 0.29) is 24.1 Å². The van der Waals surface area contributed by atoms with Crippen molar-refractivity contribution in [1.29, 1.82) is 5.26 Å². The van der Waals surface area contributed by atoms with E-state index in [1.165, 1.54) is 6.20 Å². The number of amides is 1. The van der Waals surface area contributed by atoms with E-state index in [4.69, 9.17) is 21.6 Å². The van der Waals surface area contributed by atoms with Gasteiger partial charge in [0.15, 0.2) is 17.5 Å². The van der Waals surface area contributed by atoms with Gasteiger partial charge in [-0.3, -0.25) is 4.79 Å². The fourth-order valence-electron chi connectivity index (χ4n) is 0.931. The topological polar surface area (TPSA) is 75.0 Å². The normalized spacial score (nSPS) is 9.25. The number of nitrogens with one attached hydrogen (secondary N) is 1. The maximum absolute atomic E-state index is 11.2. The number of nitriles is 1. The third-order valence-corrected chi connectivity index (χ3v) is 1.93. The van der Waals surface area contributed by atoms with E-state index in [0.717, 1.165) is 0 Å². The Kier molecular flexibility index (Phi) is 5.09. The van der Waals surface area contributed by atoms with Crippen molar-refractivity contribution < 1.29 is 9.53 Å². The summed E-state index contributed by atoms with van der Waals surface area (Å²) in [5.41, 5.74) is 0. The van der Waals surface area contributed by atoms with Crippen molar-refractivity contribution in [2.24, 2.45) is 0 Å². The van der Waals surface area contributed by atoms with Gasteiger partial charge in [0.2, 0.25) is 0 Å². The maximum atomic E-state index is 11.2. The van der Waals surface area contributed by atoms with Crippen LogP contribution in [0.15, 0.2) is 18.3 Å². The average Bonchev–Trinajstić information content (AvgIpc) is 2.28. The van der Waals surface area contributed by atoms with E-state index in [2.05, 4.69) is 10.3 Å². The van der Waals surface area contributed by atoms with E-state index in [1.54, 1.807) is 12.1 Å². The lowest BCUT2D eigenvalue weighted by atomic mass is 10.4. The molecule has 0 radical (unpaired) electrons. The van der Waals surface area contributed by atoms with Gasteiger partial charge >= 0.3 is 0 Å². The largest absolute Gasteiger partial charge is 0.481 e. The number of ether oxygens (including phenoxy) is 1. The van der Waals surface area contributed by atoms with Gasteiger partial charge in [0.1, 0.15) is 0 Å². The Morgan fingerprint density at radius 1 is 1.69 bits per heavy atom. The first kappa shape index (κ1) is 12.3. The number of carbonyl (C=O) groups is 1. The smallest absolute Gasteiger partial charge is 0.257 e. The summed E-state index contributed by atoms with van der Waals surface area (Å²) in [6.07, 6.45) is 1.81. The van der Waals surface area contributed by atoms with Crippen molar-refractivity contribution in [1.82, 2.24) is 10.3 Å². The highest BCUT2D eigenvalue weighted by atomic mass is 35.5. The number of rotatable bonds is 5. The minimum Gasteiger partial charge on any atom is -0.481 e. The molecule has 16 heavy (non-hydrogen) atoms. The Hall–Kier alpha value is -1.80. The summed E-state index contributed by atoms with van der Waals surface area (Å²) in [5.74, 6) is 0.0646. The highest BCUT2D eigenvalue weighted by molar-refractivity contribution is 6.30. The molecule has 5 nitrogen and oxygen atoms in total. The first-order valence-electron chi connectivity index (χ1n) is 4.61. The molecule has 0 atom stereocenters. The molecule has 0 spiro atoms. The van der Waals surface area contributed by atoms with E-state index in [1.807, 2.05) is 6.07 Å². The van der Waals surface area contributed by atoms with Crippen LogP contribution in [0.1, 0.15) is 6.42 Å². The molecule has 0 aliphatic rings. The van der Waals surface area contributed by atoms with Gasteiger partial charge in [-0.05, 0) is 12.1 Å². The fraction of sp³-hybridized carbons (Fsp3) is 0.300. The van der Waals surface area contributed by atoms with Gasteiger partial charge in [0, 0.05) is 12.7 Å². The second-order valence-electron chi connectivity index (χ2n) is 2.84. The third-order valence-electron chi connectivity index (χ3n) is 1.64. The van der Waals surface area contributed by atoms with E-state index < -0.39 is 0 Å². The second-order valence-corrected chi connectivity index (χ2v) is 3.20. The first-order valence-corrected chi connectivity index (χ1v) is 4.99. The van der Waals surface area contributed by atoms with Crippen molar-refractivity contribution in [3.05, 3.63) is 23.5 Å². The van der Waals surface area contributed by atoms with Gasteiger partial charge in [-0.25, -0.2) is 4.98 Å². The summed E-state index contributed by atoms with van der Waals surface area (Å²) in [7, 11) is 0. The SMILES string of the molecule is N#CCCNC(=O)COc1cccnc1Cl. The molecule has 0 aliphatic carbocycles. The maximum Gasteiger partial charge on any atom is 0.257 e. The molecule has 6 heteroatoms. The lowest BCUT2D eigenvalue weighted by Crippen LogP contribution is -2.29. The van der Waals surface area contributed by atoms with Crippen molar-refractivity contribution in [3.8, 4) is 11.8 Å². The van der Waals surface area contributed by atoms with Crippen LogP contribution in [0.2, 0.25) is 5.15 Å². The molecule has 0 bridgehead atoms. The number of hydrogen-bond donors (Lipinski definition) is 1. The lowest BCUT2D eigenvalue weighted by molar-refractivity contribution is -0.123. The van der Waals surface area contributed by atoms with Crippen LogP contribution < -0.4 is 10.1 Å². The van der Waals surface area contributed by atoms with Crippen LogP contribution in [-0.4, -0.2) is 24.0 Å². The Labute approximate surface area is 98.0 Å². The predicted molar refractivity (Wildman–Crippen MR) is 58.0 cm³/mol. The molecule has 0 fully saturated rings. The predicted octanol–water partition coefficient (Wildman–Crippen LogP) is 1.14. The Balaban J connectivity index is 2.32. The monoisotopic (exact) mass is 239 g/mol. The fourth-order valence-corrected chi connectivity index (χ4v) is 1.10. The average molecular weight is 240 g/mol. The summed E-state index contributed by atoms with van der Waals surface area (Å²) in [4.78, 5) is 15.0. The quantitative estimate of drug-likeness (QED) is 0.618. The van der Waals surface area contributed by atoms with E-state index in [0.29, 0.717) is 12.3 Å². The number of pyridine rings is 1. The molecule has 0 saturated carbocycles. The van der Waals surface area contributed by atoms with Crippen LogP contribution in [0.4, 0.5) is 0 Å². The number of carbonyl (C=O) groups excluding carboxylic acids is 1. The number of aromatic nitrogens is 1. The first-order chi connectivity index (χ1) is 7.74. The number of nitrogens with zero attached hydrogens (tertiary/aromatic N) is 2. The van der Waals surface area contributed by atoms with Crippen LogP contribution in [-0.2, 0) is 4.79 Å². The van der Waals surface area contributed by atoms with Crippen LogP contribution in [0, 0.1) is 11.3 Å². The lowest BCUT2D eigenvalue weighted by Gasteiger charge is -2.06. The molecular formula is C10H10ClN3O2. The molecule has 1 aromatic heterocycles. The molecule has 0 saturated heterocycles. The van der Waals surface area contributed by atoms with Crippen LogP contribution in [0.3, 0.4) is 0 Å². The number of hydrogen-bond acceptors (Lipinski definition) is 4. The highest BCUT2D eigenvalue weighted by Gasteiger charge is 2.05. The molecule has 1 N–H and O–H groups in total. The zero-order chi connectivity index (χ0) is 11.8. The summed E-state index contributed by atoms with van der Waals surface area (Å²) >= 11 is 5.72. The highest BCUT2D eigenvalue weighted by Crippen LogP contribution is 2.19. The molecule has 1 aromatic rings. The van der Waals surface area contributed by atoms with Gasteiger partial charge in [-0.1, -0.05) is 11.6 Å². The Bertz CT molecular complexity index is 403. The van der Waals surface area contributed by atoms with Gasteiger partial charge in [0.25, 0.3) is 5.91 Å². The van der Waals surface area contributed by atoms with Crippen LogP contribution in [0.5, 0.6) is 5.75 Å². The van der Waals surface area contributed by atoms with Crippen molar-refractivity contribution in [3.63, 3.8) is 0 Å². The summed E-state index contributed by atoms with van der Waals surface area (Å²) in [6, 6.07) is 5.20. The zero-order valence-electron chi connectivity index (χ0n) is 8.44. The minimum absolute atomic E-state index is 0.142. The van der Waals surface area contributed by atoms with Gasteiger partial charge in [0.05, 0.1) is 12.5 Å².